The van der Waals surface area contributed by atoms with Crippen LogP contribution in [0.15, 0.2) is 12.3 Å². The van der Waals surface area contributed by atoms with E-state index in [1.807, 2.05) is 0 Å². The number of piperidine rings is 2. The summed E-state index contributed by atoms with van der Waals surface area (Å²) in [6.07, 6.45) is 6.55. The SMILES string of the molecule is C=C1CCCCN1C1CCNCC1. The predicted molar refractivity (Wildman–Crippen MR) is 55.6 cm³/mol. The maximum atomic E-state index is 4.18. The molecule has 2 rings (SSSR count). The summed E-state index contributed by atoms with van der Waals surface area (Å²) in [5, 5.41) is 3.41. The lowest BCUT2D eigenvalue weighted by molar-refractivity contribution is 0.181. The van der Waals surface area contributed by atoms with Crippen molar-refractivity contribution in [2.75, 3.05) is 19.6 Å². The van der Waals surface area contributed by atoms with Gasteiger partial charge in [0, 0.05) is 18.3 Å². The number of nitrogens with zero attached hydrogens (tertiary/aromatic N) is 1. The van der Waals surface area contributed by atoms with E-state index in [9.17, 15) is 0 Å². The molecule has 2 aliphatic rings. The van der Waals surface area contributed by atoms with Gasteiger partial charge >= 0.3 is 0 Å². The van der Waals surface area contributed by atoms with Gasteiger partial charge < -0.3 is 10.2 Å². The van der Waals surface area contributed by atoms with Crippen LogP contribution < -0.4 is 5.32 Å². The van der Waals surface area contributed by atoms with Crippen molar-refractivity contribution in [3.8, 4) is 0 Å². The molecule has 0 aromatic carbocycles. The van der Waals surface area contributed by atoms with Gasteiger partial charge in [0.15, 0.2) is 0 Å². The number of allylic oxidation sites excluding steroid dienone is 1. The lowest BCUT2D eigenvalue weighted by Gasteiger charge is -2.40. The fourth-order valence-electron chi connectivity index (χ4n) is 2.47. The van der Waals surface area contributed by atoms with Crippen LogP contribution in [0.3, 0.4) is 0 Å². The smallest absolute Gasteiger partial charge is 0.0310 e. The molecule has 1 N–H and O–H groups in total. The Kier molecular flexibility index (Phi) is 2.89. The van der Waals surface area contributed by atoms with Crippen molar-refractivity contribution in [1.82, 2.24) is 10.2 Å². The highest BCUT2D eigenvalue weighted by Gasteiger charge is 2.23. The predicted octanol–water partition coefficient (Wildman–Crippen LogP) is 1.74. The first-order chi connectivity index (χ1) is 6.38. The fraction of sp³-hybridized carbons (Fsp3) is 0.818. The molecule has 0 spiro atoms. The standard InChI is InChI=1S/C11H20N2/c1-10-4-2-3-9-13(10)11-5-7-12-8-6-11/h11-12H,1-9H2. The van der Waals surface area contributed by atoms with E-state index < -0.39 is 0 Å². The molecule has 0 unspecified atom stereocenters. The Morgan fingerprint density at radius 3 is 2.69 bits per heavy atom. The van der Waals surface area contributed by atoms with Gasteiger partial charge in [-0.2, -0.15) is 0 Å². The van der Waals surface area contributed by atoms with Crippen LogP contribution in [0, 0.1) is 0 Å². The van der Waals surface area contributed by atoms with Gasteiger partial charge in [0.2, 0.25) is 0 Å². The summed E-state index contributed by atoms with van der Waals surface area (Å²) >= 11 is 0. The molecule has 0 aromatic heterocycles. The first-order valence-electron chi connectivity index (χ1n) is 5.53. The molecule has 0 aliphatic carbocycles. The van der Waals surface area contributed by atoms with E-state index in [1.165, 1.54) is 57.4 Å². The summed E-state index contributed by atoms with van der Waals surface area (Å²) in [5.74, 6) is 0. The molecule has 0 saturated carbocycles. The second kappa shape index (κ2) is 4.14. The highest BCUT2D eigenvalue weighted by molar-refractivity contribution is 5.00. The molecule has 2 heteroatoms. The second-order valence-electron chi connectivity index (χ2n) is 4.20. The van der Waals surface area contributed by atoms with Gasteiger partial charge in [-0.1, -0.05) is 6.58 Å². The van der Waals surface area contributed by atoms with Gasteiger partial charge in [-0.05, 0) is 45.2 Å². The zero-order valence-electron chi connectivity index (χ0n) is 8.39. The topological polar surface area (TPSA) is 15.3 Å². The van der Waals surface area contributed by atoms with Crippen molar-refractivity contribution < 1.29 is 0 Å². The zero-order valence-corrected chi connectivity index (χ0v) is 8.39. The average Bonchev–Trinajstić information content (AvgIpc) is 2.20. The molecule has 2 heterocycles. The summed E-state index contributed by atoms with van der Waals surface area (Å²) in [5.41, 5.74) is 1.39. The lowest BCUT2D eigenvalue weighted by Crippen LogP contribution is -2.44. The molecule has 0 bridgehead atoms. The number of rotatable bonds is 1. The van der Waals surface area contributed by atoms with Crippen molar-refractivity contribution in [3.63, 3.8) is 0 Å². The molecule has 74 valence electrons. The largest absolute Gasteiger partial charge is 0.372 e. The van der Waals surface area contributed by atoms with Crippen LogP contribution in [0.4, 0.5) is 0 Å². The molecule has 0 aromatic rings. The third-order valence-electron chi connectivity index (χ3n) is 3.27. The molecule has 0 radical (unpaired) electrons. The molecule has 2 aliphatic heterocycles. The highest BCUT2D eigenvalue weighted by atomic mass is 15.2. The summed E-state index contributed by atoms with van der Waals surface area (Å²) < 4.78 is 0. The molecular formula is C11H20N2. The normalized spacial score (nSPS) is 26.5. The monoisotopic (exact) mass is 180 g/mol. The first kappa shape index (κ1) is 9.07. The summed E-state index contributed by atoms with van der Waals surface area (Å²) in [7, 11) is 0. The zero-order chi connectivity index (χ0) is 9.10. The van der Waals surface area contributed by atoms with Gasteiger partial charge in [-0.25, -0.2) is 0 Å². The van der Waals surface area contributed by atoms with Crippen molar-refractivity contribution in [2.24, 2.45) is 0 Å². The van der Waals surface area contributed by atoms with Crippen LogP contribution >= 0.6 is 0 Å². The maximum absolute atomic E-state index is 4.18. The molecule has 0 amide bonds. The van der Waals surface area contributed by atoms with Gasteiger partial charge in [-0.3, -0.25) is 0 Å². The lowest BCUT2D eigenvalue weighted by atomic mass is 9.99. The Labute approximate surface area is 81.0 Å². The molecule has 2 fully saturated rings. The Morgan fingerprint density at radius 1 is 1.23 bits per heavy atom. The average molecular weight is 180 g/mol. The Morgan fingerprint density at radius 2 is 2.00 bits per heavy atom. The molecular weight excluding hydrogens is 160 g/mol. The van der Waals surface area contributed by atoms with Gasteiger partial charge in [0.05, 0.1) is 0 Å². The van der Waals surface area contributed by atoms with Crippen molar-refractivity contribution in [1.29, 1.82) is 0 Å². The van der Waals surface area contributed by atoms with Crippen molar-refractivity contribution in [3.05, 3.63) is 12.3 Å². The minimum Gasteiger partial charge on any atom is -0.372 e. The van der Waals surface area contributed by atoms with E-state index in [4.69, 9.17) is 0 Å². The number of hydrogen-bond donors (Lipinski definition) is 1. The quantitative estimate of drug-likeness (QED) is 0.661. The Hall–Kier alpha value is -0.500. The minimum absolute atomic E-state index is 0.786. The van der Waals surface area contributed by atoms with Crippen LogP contribution in [0.2, 0.25) is 0 Å². The van der Waals surface area contributed by atoms with Crippen LogP contribution in [0.1, 0.15) is 32.1 Å². The van der Waals surface area contributed by atoms with Crippen LogP contribution in [-0.2, 0) is 0 Å². The third-order valence-corrected chi connectivity index (χ3v) is 3.27. The van der Waals surface area contributed by atoms with E-state index in [-0.39, 0.29) is 0 Å². The summed E-state index contributed by atoms with van der Waals surface area (Å²) in [6, 6.07) is 0.786. The van der Waals surface area contributed by atoms with E-state index in [2.05, 4.69) is 16.8 Å². The van der Waals surface area contributed by atoms with Gasteiger partial charge in [0.25, 0.3) is 0 Å². The number of likely N-dealkylation sites (tertiary alicyclic amines) is 1. The van der Waals surface area contributed by atoms with Crippen LogP contribution in [-0.4, -0.2) is 30.6 Å². The Bertz CT molecular complexity index is 183. The first-order valence-corrected chi connectivity index (χ1v) is 5.53. The molecule has 0 atom stereocenters. The summed E-state index contributed by atoms with van der Waals surface area (Å²) in [6.45, 7) is 7.81. The van der Waals surface area contributed by atoms with E-state index in [1.54, 1.807) is 0 Å². The van der Waals surface area contributed by atoms with E-state index in [0.29, 0.717) is 0 Å². The van der Waals surface area contributed by atoms with Crippen LogP contribution in [0.5, 0.6) is 0 Å². The highest BCUT2D eigenvalue weighted by Crippen LogP contribution is 2.24. The van der Waals surface area contributed by atoms with Gasteiger partial charge in [0.1, 0.15) is 0 Å². The van der Waals surface area contributed by atoms with Crippen LogP contribution in [0.25, 0.3) is 0 Å². The minimum atomic E-state index is 0.786. The molecule has 13 heavy (non-hydrogen) atoms. The van der Waals surface area contributed by atoms with Gasteiger partial charge in [-0.15, -0.1) is 0 Å². The number of hydrogen-bond acceptors (Lipinski definition) is 2. The molecule has 2 nitrogen and oxygen atoms in total. The second-order valence-corrected chi connectivity index (χ2v) is 4.20. The van der Waals surface area contributed by atoms with Crippen molar-refractivity contribution in [2.45, 2.75) is 38.1 Å². The fourth-order valence-corrected chi connectivity index (χ4v) is 2.47. The van der Waals surface area contributed by atoms with Crippen molar-refractivity contribution >= 4 is 0 Å². The third kappa shape index (κ3) is 2.05. The van der Waals surface area contributed by atoms with E-state index >= 15 is 0 Å². The van der Waals surface area contributed by atoms with E-state index in [0.717, 1.165) is 6.04 Å². The molecule has 2 saturated heterocycles. The Balaban J connectivity index is 1.92. The number of nitrogens with one attached hydrogen (secondary N) is 1. The maximum Gasteiger partial charge on any atom is 0.0310 e. The summed E-state index contributed by atoms with van der Waals surface area (Å²) in [4.78, 5) is 2.56.